The van der Waals surface area contributed by atoms with Crippen LogP contribution >= 0.6 is 34.5 Å². The highest BCUT2D eigenvalue weighted by molar-refractivity contribution is 7.19. The molecule has 0 unspecified atom stereocenters. The first-order valence-corrected chi connectivity index (χ1v) is 7.86. The van der Waals surface area contributed by atoms with Gasteiger partial charge in [-0.15, -0.1) is 10.2 Å². The standard InChI is InChI=1S/C13H5Cl2F2N5S/c14-7-3-1-2-6-4-5-8(18-9(6)7)10-21-22-11(13(15,16)17)19-20-12(22)23-10/h1-5H. The summed E-state index contributed by atoms with van der Waals surface area (Å²) in [6.07, 6.45) is 0. The van der Waals surface area contributed by atoms with Crippen LogP contribution in [0.15, 0.2) is 30.3 Å². The zero-order chi connectivity index (χ0) is 16.2. The average molecular weight is 372 g/mol. The van der Waals surface area contributed by atoms with E-state index in [1.165, 1.54) is 0 Å². The van der Waals surface area contributed by atoms with E-state index in [1.807, 2.05) is 18.2 Å². The smallest absolute Gasteiger partial charge is 0.244 e. The first-order valence-electron chi connectivity index (χ1n) is 6.28. The van der Waals surface area contributed by atoms with E-state index < -0.39 is 11.2 Å². The Labute approximate surface area is 141 Å². The summed E-state index contributed by atoms with van der Waals surface area (Å²) >= 11 is 12.2. The molecule has 0 atom stereocenters. The minimum absolute atomic E-state index is 0.205. The molecule has 0 aliphatic heterocycles. The van der Waals surface area contributed by atoms with Gasteiger partial charge in [0.1, 0.15) is 5.69 Å². The van der Waals surface area contributed by atoms with Crippen LogP contribution in [0.2, 0.25) is 5.02 Å². The monoisotopic (exact) mass is 371 g/mol. The van der Waals surface area contributed by atoms with Crippen LogP contribution in [0.1, 0.15) is 5.82 Å². The first-order chi connectivity index (χ1) is 10.9. The van der Waals surface area contributed by atoms with Crippen molar-refractivity contribution < 1.29 is 8.78 Å². The molecule has 5 nitrogen and oxygen atoms in total. The normalized spacial score (nSPS) is 12.3. The van der Waals surface area contributed by atoms with Gasteiger partial charge in [0.2, 0.25) is 10.8 Å². The Morgan fingerprint density at radius 3 is 2.74 bits per heavy atom. The molecule has 116 valence electrons. The van der Waals surface area contributed by atoms with Crippen LogP contribution in [0.3, 0.4) is 0 Å². The molecule has 0 aliphatic rings. The number of rotatable bonds is 2. The topological polar surface area (TPSA) is 56.0 Å². The van der Waals surface area contributed by atoms with Crippen molar-refractivity contribution in [3.05, 3.63) is 41.2 Å². The van der Waals surface area contributed by atoms with Crippen molar-refractivity contribution in [1.29, 1.82) is 0 Å². The fraction of sp³-hybridized carbons (Fsp3) is 0.0769. The summed E-state index contributed by atoms with van der Waals surface area (Å²) in [6, 6.07) is 9.00. The fourth-order valence-electron chi connectivity index (χ4n) is 2.13. The lowest BCUT2D eigenvalue weighted by atomic mass is 10.2. The molecule has 3 aromatic heterocycles. The van der Waals surface area contributed by atoms with Crippen LogP contribution in [0.25, 0.3) is 26.6 Å². The van der Waals surface area contributed by atoms with Gasteiger partial charge in [0.15, 0.2) is 5.01 Å². The molecule has 0 spiro atoms. The zero-order valence-electron chi connectivity index (χ0n) is 11.0. The van der Waals surface area contributed by atoms with Gasteiger partial charge < -0.3 is 0 Å². The van der Waals surface area contributed by atoms with E-state index in [9.17, 15) is 8.78 Å². The van der Waals surface area contributed by atoms with Gasteiger partial charge in [-0.3, -0.25) is 0 Å². The SMILES string of the molecule is FC(F)(Cl)c1nnc2sc(-c3ccc4cccc(Cl)c4n3)nn12. The third-order valence-corrected chi connectivity index (χ3v) is 4.53. The van der Waals surface area contributed by atoms with E-state index in [0.29, 0.717) is 21.2 Å². The van der Waals surface area contributed by atoms with Gasteiger partial charge in [0.05, 0.1) is 10.5 Å². The van der Waals surface area contributed by atoms with Gasteiger partial charge >= 0.3 is 5.38 Å². The van der Waals surface area contributed by atoms with Crippen molar-refractivity contribution >= 4 is 50.4 Å². The molecule has 0 saturated carbocycles. The lowest BCUT2D eigenvalue weighted by molar-refractivity contribution is 0.0821. The van der Waals surface area contributed by atoms with Crippen molar-refractivity contribution in [3.63, 3.8) is 0 Å². The van der Waals surface area contributed by atoms with Gasteiger partial charge in [-0.25, -0.2) is 4.98 Å². The Hall–Kier alpha value is -1.90. The molecular formula is C13H5Cl2F2N5S. The molecule has 0 N–H and O–H groups in total. The maximum Gasteiger partial charge on any atom is 0.383 e. The second-order valence-corrected chi connectivity index (χ2v) is 6.47. The minimum atomic E-state index is -3.65. The van der Waals surface area contributed by atoms with Crippen LogP contribution < -0.4 is 0 Å². The van der Waals surface area contributed by atoms with E-state index in [0.717, 1.165) is 21.2 Å². The molecule has 4 aromatic rings. The Bertz CT molecular complexity index is 1040. The summed E-state index contributed by atoms with van der Waals surface area (Å²) in [5, 5.41) is 9.25. The number of fused-ring (bicyclic) bond motifs is 2. The predicted octanol–water partition coefficient (Wildman–Crippen LogP) is 4.34. The van der Waals surface area contributed by atoms with Gasteiger partial charge in [-0.2, -0.15) is 18.4 Å². The number of alkyl halides is 3. The molecule has 0 fully saturated rings. The van der Waals surface area contributed by atoms with Crippen molar-refractivity contribution in [2.75, 3.05) is 0 Å². The maximum atomic E-state index is 13.3. The highest BCUT2D eigenvalue weighted by Gasteiger charge is 2.35. The van der Waals surface area contributed by atoms with E-state index in [2.05, 4.69) is 20.3 Å². The predicted molar refractivity (Wildman–Crippen MR) is 84.2 cm³/mol. The molecule has 10 heteroatoms. The number of hydrogen-bond donors (Lipinski definition) is 0. The van der Waals surface area contributed by atoms with E-state index >= 15 is 0 Å². The van der Waals surface area contributed by atoms with Gasteiger partial charge in [-0.1, -0.05) is 41.1 Å². The molecule has 0 aliphatic carbocycles. The van der Waals surface area contributed by atoms with Gasteiger partial charge in [0.25, 0.3) is 0 Å². The van der Waals surface area contributed by atoms with Gasteiger partial charge in [-0.05, 0) is 23.7 Å². The van der Waals surface area contributed by atoms with Crippen molar-refractivity contribution in [2.45, 2.75) is 5.38 Å². The molecule has 0 radical (unpaired) electrons. The lowest BCUT2D eigenvalue weighted by Crippen LogP contribution is -2.10. The van der Waals surface area contributed by atoms with Gasteiger partial charge in [0, 0.05) is 5.39 Å². The molecule has 0 saturated heterocycles. The summed E-state index contributed by atoms with van der Waals surface area (Å²) in [7, 11) is 0. The van der Waals surface area contributed by atoms with Crippen LogP contribution in [-0.2, 0) is 5.38 Å². The van der Waals surface area contributed by atoms with Crippen molar-refractivity contribution in [2.24, 2.45) is 0 Å². The summed E-state index contributed by atoms with van der Waals surface area (Å²) in [4.78, 5) is 4.65. The number of halogens is 4. The third-order valence-electron chi connectivity index (χ3n) is 3.13. The maximum absolute atomic E-state index is 13.3. The van der Waals surface area contributed by atoms with E-state index in [1.54, 1.807) is 12.1 Å². The summed E-state index contributed by atoms with van der Waals surface area (Å²) < 4.78 is 27.5. The summed E-state index contributed by atoms with van der Waals surface area (Å²) in [6.45, 7) is 0. The molecule has 3 heterocycles. The average Bonchev–Trinajstić information content (AvgIpc) is 3.06. The Morgan fingerprint density at radius 2 is 1.96 bits per heavy atom. The largest absolute Gasteiger partial charge is 0.383 e. The van der Waals surface area contributed by atoms with Crippen LogP contribution in [0.5, 0.6) is 0 Å². The Kier molecular flexibility index (Phi) is 3.22. The Morgan fingerprint density at radius 1 is 1.13 bits per heavy atom. The molecule has 0 amide bonds. The number of aromatic nitrogens is 5. The van der Waals surface area contributed by atoms with Crippen LogP contribution in [-0.4, -0.2) is 24.8 Å². The molecule has 1 aromatic carbocycles. The van der Waals surface area contributed by atoms with E-state index in [4.69, 9.17) is 23.2 Å². The summed E-state index contributed by atoms with van der Waals surface area (Å²) in [5.74, 6) is -0.726. The number of hydrogen-bond acceptors (Lipinski definition) is 5. The second-order valence-electron chi connectivity index (χ2n) is 4.63. The number of benzene rings is 1. The third kappa shape index (κ3) is 2.43. The zero-order valence-corrected chi connectivity index (χ0v) is 13.4. The van der Waals surface area contributed by atoms with E-state index in [-0.39, 0.29) is 4.96 Å². The lowest BCUT2D eigenvalue weighted by Gasteiger charge is -2.03. The second kappa shape index (κ2) is 5.05. The van der Waals surface area contributed by atoms with Crippen LogP contribution in [0, 0.1) is 0 Å². The number of para-hydroxylation sites is 1. The van der Waals surface area contributed by atoms with Crippen molar-refractivity contribution in [3.8, 4) is 10.7 Å². The fourth-order valence-corrected chi connectivity index (χ4v) is 3.28. The first kappa shape index (κ1) is 14.7. The van der Waals surface area contributed by atoms with Crippen LogP contribution in [0.4, 0.5) is 8.78 Å². The quantitative estimate of drug-likeness (QED) is 0.491. The molecule has 0 bridgehead atoms. The Balaban J connectivity index is 1.89. The molecule has 23 heavy (non-hydrogen) atoms. The number of nitrogens with zero attached hydrogens (tertiary/aromatic N) is 5. The highest BCUT2D eigenvalue weighted by Crippen LogP contribution is 2.34. The highest BCUT2D eigenvalue weighted by atomic mass is 35.5. The summed E-state index contributed by atoms with van der Waals surface area (Å²) in [5.41, 5.74) is 1.12. The molecule has 4 rings (SSSR count). The molecular weight excluding hydrogens is 367 g/mol. The number of pyridine rings is 1. The van der Waals surface area contributed by atoms with Crippen molar-refractivity contribution in [1.82, 2.24) is 24.8 Å². The minimum Gasteiger partial charge on any atom is -0.244 e.